The maximum Gasteiger partial charge on any atom is 0.0907 e. The quantitative estimate of drug-likeness (QED) is 0.768. The molecule has 3 heterocycles. The number of pyridine rings is 2. The summed E-state index contributed by atoms with van der Waals surface area (Å²) in [5.74, 6) is 0. The minimum Gasteiger partial charge on any atom is -0.387 e. The van der Waals surface area contributed by atoms with Crippen LogP contribution in [0.1, 0.15) is 10.9 Å². The molecule has 3 aromatic rings. The molecule has 0 amide bonds. The van der Waals surface area contributed by atoms with E-state index in [-0.39, 0.29) is 5.25 Å². The van der Waals surface area contributed by atoms with Crippen molar-refractivity contribution in [1.82, 2.24) is 9.97 Å². The summed E-state index contributed by atoms with van der Waals surface area (Å²) < 4.78 is 0. The van der Waals surface area contributed by atoms with E-state index < -0.39 is 6.10 Å². The van der Waals surface area contributed by atoms with Gasteiger partial charge in [-0.3, -0.25) is 0 Å². The summed E-state index contributed by atoms with van der Waals surface area (Å²) in [7, 11) is 0. The Morgan fingerprint density at radius 3 is 2.21 bits per heavy atom. The molecule has 0 saturated carbocycles. The van der Waals surface area contributed by atoms with Gasteiger partial charge in [0.05, 0.1) is 34.1 Å². The van der Waals surface area contributed by atoms with Crippen LogP contribution in [0.15, 0.2) is 78.2 Å². The van der Waals surface area contributed by atoms with Crippen molar-refractivity contribution in [1.29, 1.82) is 0 Å². The second-order valence-electron chi connectivity index (χ2n) is 5.60. The number of hydrogen-bond donors (Lipinski definition) is 1. The molecule has 2 atom stereocenters. The lowest BCUT2D eigenvalue weighted by atomic mass is 10.1. The highest BCUT2D eigenvalue weighted by molar-refractivity contribution is 8.02. The fourth-order valence-electron chi connectivity index (χ4n) is 2.74. The van der Waals surface area contributed by atoms with Crippen molar-refractivity contribution in [3.8, 4) is 22.6 Å². The first-order valence-electron chi connectivity index (χ1n) is 7.81. The molecule has 1 N–H and O–H groups in total. The summed E-state index contributed by atoms with van der Waals surface area (Å²) in [5, 5.41) is 11.9. The first kappa shape index (κ1) is 15.1. The van der Waals surface area contributed by atoms with Crippen molar-refractivity contribution in [2.45, 2.75) is 11.4 Å². The molecule has 1 aliphatic rings. The molecular weight excluding hydrogens is 316 g/mol. The number of thioether (sulfide) groups is 1. The van der Waals surface area contributed by atoms with Crippen LogP contribution in [0, 0.1) is 0 Å². The number of rotatable bonds is 3. The Balaban J connectivity index is 1.69. The number of hydrogen-bond acceptors (Lipinski definition) is 4. The van der Waals surface area contributed by atoms with Crippen molar-refractivity contribution in [2.24, 2.45) is 0 Å². The van der Waals surface area contributed by atoms with Crippen molar-refractivity contribution in [2.75, 3.05) is 0 Å². The zero-order chi connectivity index (χ0) is 16.4. The van der Waals surface area contributed by atoms with Crippen LogP contribution in [0.3, 0.4) is 0 Å². The number of aliphatic hydroxyl groups excluding tert-OH is 1. The van der Waals surface area contributed by atoms with E-state index in [1.54, 1.807) is 17.8 Å². The van der Waals surface area contributed by atoms with Gasteiger partial charge in [-0.25, -0.2) is 9.97 Å². The first-order chi connectivity index (χ1) is 11.8. The summed E-state index contributed by atoms with van der Waals surface area (Å²) in [4.78, 5) is 9.48. The van der Waals surface area contributed by atoms with Crippen molar-refractivity contribution in [3.05, 3.63) is 83.9 Å². The van der Waals surface area contributed by atoms with Crippen LogP contribution < -0.4 is 0 Å². The monoisotopic (exact) mass is 332 g/mol. The van der Waals surface area contributed by atoms with E-state index in [1.165, 1.54) is 0 Å². The third kappa shape index (κ3) is 2.98. The van der Waals surface area contributed by atoms with Gasteiger partial charge in [0.2, 0.25) is 0 Å². The van der Waals surface area contributed by atoms with Crippen molar-refractivity contribution < 1.29 is 5.11 Å². The average Bonchev–Trinajstić information content (AvgIpc) is 3.09. The van der Waals surface area contributed by atoms with E-state index in [9.17, 15) is 5.11 Å². The lowest BCUT2D eigenvalue weighted by molar-refractivity contribution is 0.222. The van der Waals surface area contributed by atoms with E-state index in [0.717, 1.165) is 28.3 Å². The Morgan fingerprint density at radius 2 is 1.46 bits per heavy atom. The maximum absolute atomic E-state index is 10.0. The summed E-state index contributed by atoms with van der Waals surface area (Å²) in [6.07, 6.45) is 1.32. The third-order valence-electron chi connectivity index (χ3n) is 3.95. The highest BCUT2D eigenvalue weighted by atomic mass is 32.2. The normalized spacial score (nSPS) is 19.5. The van der Waals surface area contributed by atoms with Gasteiger partial charge in [0.1, 0.15) is 0 Å². The molecule has 0 saturated heterocycles. The Kier molecular flexibility index (Phi) is 4.15. The Labute approximate surface area is 145 Å². The average molecular weight is 332 g/mol. The molecule has 0 radical (unpaired) electrons. The van der Waals surface area contributed by atoms with E-state index in [2.05, 4.69) is 0 Å². The van der Waals surface area contributed by atoms with E-state index in [0.29, 0.717) is 0 Å². The number of aliphatic hydroxyl groups is 1. The van der Waals surface area contributed by atoms with Crippen LogP contribution in [0.2, 0.25) is 0 Å². The summed E-state index contributed by atoms with van der Waals surface area (Å²) in [6, 6.07) is 22.0. The highest BCUT2D eigenvalue weighted by Crippen LogP contribution is 2.38. The molecule has 0 bridgehead atoms. The van der Waals surface area contributed by atoms with Crippen LogP contribution in [0.25, 0.3) is 22.6 Å². The van der Waals surface area contributed by atoms with Crippen LogP contribution in [-0.4, -0.2) is 21.2 Å². The minimum atomic E-state index is -0.485. The molecule has 3 nitrogen and oxygen atoms in total. The molecular formula is C20H16N2OS. The second kappa shape index (κ2) is 6.59. The van der Waals surface area contributed by atoms with Crippen LogP contribution >= 0.6 is 11.8 Å². The highest BCUT2D eigenvalue weighted by Gasteiger charge is 2.24. The van der Waals surface area contributed by atoms with Crippen LogP contribution in [0.5, 0.6) is 0 Å². The molecule has 0 fully saturated rings. The van der Waals surface area contributed by atoms with Gasteiger partial charge in [-0.15, -0.1) is 11.8 Å². The number of nitrogens with zero attached hydrogens (tertiary/aromatic N) is 2. The SMILES string of the molecule is OC1C=CSC1c1cccc(-c2cccc(-c3ccccc3)n2)n1. The molecule has 118 valence electrons. The summed E-state index contributed by atoms with van der Waals surface area (Å²) in [5.41, 5.74) is 4.55. The number of benzene rings is 1. The largest absolute Gasteiger partial charge is 0.387 e. The predicted octanol–water partition coefficient (Wildman–Crippen LogP) is 4.47. The fraction of sp³-hybridized carbons (Fsp3) is 0.100. The van der Waals surface area contributed by atoms with Crippen molar-refractivity contribution in [3.63, 3.8) is 0 Å². The fourth-order valence-corrected chi connectivity index (χ4v) is 3.68. The second-order valence-corrected chi connectivity index (χ2v) is 6.65. The summed E-state index contributed by atoms with van der Waals surface area (Å²) in [6.45, 7) is 0. The Morgan fingerprint density at radius 1 is 0.750 bits per heavy atom. The topological polar surface area (TPSA) is 46.0 Å². The molecule has 1 aromatic carbocycles. The molecule has 4 heteroatoms. The molecule has 0 spiro atoms. The molecule has 2 aromatic heterocycles. The summed E-state index contributed by atoms with van der Waals surface area (Å²) >= 11 is 1.59. The van der Waals surface area contributed by atoms with Crippen molar-refractivity contribution >= 4 is 11.8 Å². The van der Waals surface area contributed by atoms with Crippen LogP contribution in [-0.2, 0) is 0 Å². The van der Waals surface area contributed by atoms with Gasteiger partial charge in [-0.05, 0) is 35.7 Å². The van der Waals surface area contributed by atoms with Gasteiger partial charge in [0.15, 0.2) is 0 Å². The maximum atomic E-state index is 10.0. The third-order valence-corrected chi connectivity index (χ3v) is 5.08. The Bertz CT molecular complexity index is 880. The number of aromatic nitrogens is 2. The lowest BCUT2D eigenvalue weighted by Gasteiger charge is -2.14. The molecule has 1 aliphatic heterocycles. The molecule has 4 rings (SSSR count). The molecule has 0 aliphatic carbocycles. The van der Waals surface area contributed by atoms with E-state index in [4.69, 9.17) is 9.97 Å². The first-order valence-corrected chi connectivity index (χ1v) is 8.75. The van der Waals surface area contributed by atoms with Gasteiger partial charge >= 0.3 is 0 Å². The zero-order valence-electron chi connectivity index (χ0n) is 12.9. The lowest BCUT2D eigenvalue weighted by Crippen LogP contribution is -2.10. The zero-order valence-corrected chi connectivity index (χ0v) is 13.7. The smallest absolute Gasteiger partial charge is 0.0907 e. The van der Waals surface area contributed by atoms with Crippen LogP contribution in [0.4, 0.5) is 0 Å². The predicted molar refractivity (Wildman–Crippen MR) is 98.4 cm³/mol. The van der Waals surface area contributed by atoms with Gasteiger partial charge in [-0.2, -0.15) is 0 Å². The standard InChI is InChI=1S/C20H16N2OS/c23-19-12-13-24-20(19)18-11-5-10-17(22-18)16-9-4-8-15(21-16)14-6-2-1-3-7-14/h1-13,19-20,23H. The Hall–Kier alpha value is -2.43. The van der Waals surface area contributed by atoms with Gasteiger partial charge in [0, 0.05) is 5.56 Å². The minimum absolute atomic E-state index is 0.0396. The molecule has 24 heavy (non-hydrogen) atoms. The molecule has 2 unspecified atom stereocenters. The van der Waals surface area contributed by atoms with Gasteiger partial charge in [0.25, 0.3) is 0 Å². The van der Waals surface area contributed by atoms with Gasteiger partial charge < -0.3 is 5.11 Å². The van der Waals surface area contributed by atoms with Gasteiger partial charge in [-0.1, -0.05) is 42.5 Å². The van der Waals surface area contributed by atoms with E-state index in [1.807, 2.05) is 72.1 Å². The van der Waals surface area contributed by atoms with E-state index >= 15 is 0 Å².